The Balaban J connectivity index is 1.48. The highest BCUT2D eigenvalue weighted by atomic mass is 19.1. The summed E-state index contributed by atoms with van der Waals surface area (Å²) in [6.07, 6.45) is 4.95. The fourth-order valence-corrected chi connectivity index (χ4v) is 4.72. The van der Waals surface area contributed by atoms with Gasteiger partial charge in [-0.2, -0.15) is 0 Å². The van der Waals surface area contributed by atoms with E-state index in [1.807, 2.05) is 12.1 Å². The second kappa shape index (κ2) is 7.27. The van der Waals surface area contributed by atoms with Crippen molar-refractivity contribution in [2.24, 2.45) is 0 Å². The fraction of sp³-hybridized carbons (Fsp3) is 0.455. The van der Waals surface area contributed by atoms with Crippen molar-refractivity contribution in [1.82, 2.24) is 9.80 Å². The topological polar surface area (TPSA) is 6.48 Å². The number of rotatable bonds is 4. The number of nitrogens with zero attached hydrogens (tertiary/aromatic N) is 2. The van der Waals surface area contributed by atoms with Gasteiger partial charge in [0.25, 0.3) is 0 Å². The largest absolute Gasteiger partial charge is 0.297 e. The van der Waals surface area contributed by atoms with Gasteiger partial charge in [0.15, 0.2) is 0 Å². The molecule has 0 aromatic heterocycles. The summed E-state index contributed by atoms with van der Waals surface area (Å²) in [7, 11) is 0. The summed E-state index contributed by atoms with van der Waals surface area (Å²) in [5, 5.41) is 0. The van der Waals surface area contributed by atoms with E-state index in [9.17, 15) is 4.39 Å². The van der Waals surface area contributed by atoms with Gasteiger partial charge in [-0.1, -0.05) is 48.5 Å². The predicted molar refractivity (Wildman–Crippen MR) is 99.7 cm³/mol. The highest BCUT2D eigenvalue weighted by Crippen LogP contribution is 2.38. The molecule has 2 aliphatic heterocycles. The number of benzene rings is 2. The van der Waals surface area contributed by atoms with Crippen molar-refractivity contribution >= 4 is 0 Å². The Morgan fingerprint density at radius 3 is 2.36 bits per heavy atom. The van der Waals surface area contributed by atoms with Gasteiger partial charge in [-0.25, -0.2) is 4.39 Å². The zero-order valence-corrected chi connectivity index (χ0v) is 14.8. The molecule has 0 bridgehead atoms. The summed E-state index contributed by atoms with van der Waals surface area (Å²) in [5.41, 5.74) is 2.46. The van der Waals surface area contributed by atoms with E-state index in [2.05, 4.69) is 40.1 Å². The smallest absolute Gasteiger partial charge is 0.127 e. The van der Waals surface area contributed by atoms with E-state index in [-0.39, 0.29) is 11.4 Å². The molecule has 2 fully saturated rings. The van der Waals surface area contributed by atoms with Gasteiger partial charge in [-0.15, -0.1) is 0 Å². The summed E-state index contributed by atoms with van der Waals surface area (Å²) in [4.78, 5) is 5.15. The van der Waals surface area contributed by atoms with Crippen LogP contribution in [0.25, 0.3) is 0 Å². The predicted octanol–water partition coefficient (Wildman–Crippen LogP) is 4.46. The van der Waals surface area contributed by atoms with Crippen molar-refractivity contribution in [2.75, 3.05) is 19.6 Å². The second-order valence-electron chi connectivity index (χ2n) is 7.64. The average Bonchev–Trinajstić information content (AvgIpc) is 2.99. The molecular formula is C22H27FN2. The molecule has 4 rings (SSSR count). The van der Waals surface area contributed by atoms with Gasteiger partial charge in [-0.3, -0.25) is 9.80 Å². The average molecular weight is 338 g/mol. The number of hydrogen-bond donors (Lipinski definition) is 0. The Labute approximate surface area is 150 Å². The van der Waals surface area contributed by atoms with Crippen LogP contribution < -0.4 is 0 Å². The van der Waals surface area contributed by atoms with Gasteiger partial charge in [0, 0.05) is 30.7 Å². The molecule has 0 N–H and O–H groups in total. The Hall–Kier alpha value is -1.71. The lowest BCUT2D eigenvalue weighted by atomic mass is 9.86. The Kier molecular flexibility index (Phi) is 4.87. The van der Waals surface area contributed by atoms with Gasteiger partial charge in [0.1, 0.15) is 5.82 Å². The van der Waals surface area contributed by atoms with E-state index in [0.29, 0.717) is 0 Å². The number of halogens is 1. The highest BCUT2D eigenvalue weighted by molar-refractivity contribution is 5.19. The quantitative estimate of drug-likeness (QED) is 0.812. The lowest BCUT2D eigenvalue weighted by Gasteiger charge is -2.46. The third-order valence-corrected chi connectivity index (χ3v) is 5.94. The van der Waals surface area contributed by atoms with Crippen molar-refractivity contribution in [2.45, 2.75) is 44.3 Å². The molecule has 3 heteroatoms. The van der Waals surface area contributed by atoms with Gasteiger partial charge < -0.3 is 0 Å². The van der Waals surface area contributed by atoms with E-state index in [0.717, 1.165) is 31.7 Å². The van der Waals surface area contributed by atoms with Crippen LogP contribution in [0.2, 0.25) is 0 Å². The zero-order valence-electron chi connectivity index (χ0n) is 14.8. The first-order valence-electron chi connectivity index (χ1n) is 9.50. The van der Waals surface area contributed by atoms with Crippen molar-refractivity contribution < 1.29 is 4.39 Å². The van der Waals surface area contributed by atoms with Gasteiger partial charge >= 0.3 is 0 Å². The van der Waals surface area contributed by atoms with E-state index in [1.54, 1.807) is 12.1 Å². The first kappa shape index (κ1) is 16.7. The molecule has 1 atom stereocenters. The van der Waals surface area contributed by atoms with Crippen molar-refractivity contribution in [3.63, 3.8) is 0 Å². The molecule has 0 saturated carbocycles. The standard InChI is InChI=1S/C22H27FN2/c23-21-11-5-4-10-20(21)17-25-15-7-13-22(25)12-6-14-24(18-22)16-19-8-2-1-3-9-19/h1-5,8-11H,6-7,12-18H2/t22-/m1/s1. The van der Waals surface area contributed by atoms with Gasteiger partial charge in [0.2, 0.25) is 0 Å². The Morgan fingerprint density at radius 1 is 0.840 bits per heavy atom. The summed E-state index contributed by atoms with van der Waals surface area (Å²) >= 11 is 0. The summed E-state index contributed by atoms with van der Waals surface area (Å²) in [6.45, 7) is 5.13. The second-order valence-corrected chi connectivity index (χ2v) is 7.64. The maximum Gasteiger partial charge on any atom is 0.127 e. The summed E-state index contributed by atoms with van der Waals surface area (Å²) in [6, 6.07) is 18.0. The Bertz CT molecular complexity index is 702. The summed E-state index contributed by atoms with van der Waals surface area (Å²) < 4.78 is 14.1. The van der Waals surface area contributed by atoms with Crippen molar-refractivity contribution in [3.8, 4) is 0 Å². The molecule has 0 radical (unpaired) electrons. The van der Waals surface area contributed by atoms with Crippen molar-refractivity contribution in [3.05, 3.63) is 71.5 Å². The normalized spacial score (nSPS) is 24.8. The molecule has 2 aromatic rings. The molecule has 132 valence electrons. The van der Waals surface area contributed by atoms with Crippen LogP contribution in [0.1, 0.15) is 36.8 Å². The van der Waals surface area contributed by atoms with Crippen LogP contribution in [0.15, 0.2) is 54.6 Å². The van der Waals surface area contributed by atoms with E-state index in [4.69, 9.17) is 0 Å². The van der Waals surface area contributed by atoms with Crippen LogP contribution in [0.4, 0.5) is 4.39 Å². The monoisotopic (exact) mass is 338 g/mol. The molecule has 2 nitrogen and oxygen atoms in total. The third kappa shape index (κ3) is 3.63. The maximum absolute atomic E-state index is 14.1. The number of hydrogen-bond acceptors (Lipinski definition) is 2. The molecule has 2 heterocycles. The molecule has 2 aromatic carbocycles. The number of likely N-dealkylation sites (tertiary alicyclic amines) is 2. The van der Waals surface area contributed by atoms with Crippen LogP contribution in [0, 0.1) is 5.82 Å². The minimum atomic E-state index is -0.0681. The van der Waals surface area contributed by atoms with Gasteiger partial charge in [-0.05, 0) is 50.4 Å². The van der Waals surface area contributed by atoms with Crippen LogP contribution in [0.5, 0.6) is 0 Å². The zero-order chi connectivity index (χ0) is 17.1. The van der Waals surface area contributed by atoms with Crippen LogP contribution in [0.3, 0.4) is 0 Å². The van der Waals surface area contributed by atoms with Gasteiger partial charge in [0.05, 0.1) is 0 Å². The van der Waals surface area contributed by atoms with Crippen LogP contribution in [-0.2, 0) is 13.1 Å². The Morgan fingerprint density at radius 2 is 1.56 bits per heavy atom. The van der Waals surface area contributed by atoms with E-state index in [1.165, 1.54) is 37.8 Å². The van der Waals surface area contributed by atoms with Crippen LogP contribution in [-0.4, -0.2) is 35.0 Å². The highest BCUT2D eigenvalue weighted by Gasteiger charge is 2.43. The molecular weight excluding hydrogens is 311 g/mol. The molecule has 2 aliphatic rings. The third-order valence-electron chi connectivity index (χ3n) is 5.94. The molecule has 0 unspecified atom stereocenters. The van der Waals surface area contributed by atoms with Crippen molar-refractivity contribution in [1.29, 1.82) is 0 Å². The van der Waals surface area contributed by atoms with E-state index < -0.39 is 0 Å². The van der Waals surface area contributed by atoms with E-state index >= 15 is 0 Å². The molecule has 2 saturated heterocycles. The maximum atomic E-state index is 14.1. The molecule has 0 aliphatic carbocycles. The number of piperidine rings is 1. The molecule has 0 amide bonds. The van der Waals surface area contributed by atoms with Crippen LogP contribution >= 0.6 is 0 Å². The minimum absolute atomic E-state index is 0.0681. The first-order valence-corrected chi connectivity index (χ1v) is 9.50. The fourth-order valence-electron chi connectivity index (χ4n) is 4.72. The minimum Gasteiger partial charge on any atom is -0.297 e. The first-order chi connectivity index (χ1) is 12.3. The lowest BCUT2D eigenvalue weighted by Crippen LogP contribution is -2.55. The molecule has 1 spiro atoms. The lowest BCUT2D eigenvalue weighted by molar-refractivity contribution is 0.0323. The summed E-state index contributed by atoms with van der Waals surface area (Å²) in [5.74, 6) is -0.0681. The SMILES string of the molecule is Fc1ccccc1CN1CCC[C@@]12CCCN(Cc1ccccc1)C2. The molecule has 25 heavy (non-hydrogen) atoms.